The van der Waals surface area contributed by atoms with Crippen LogP contribution in [0.1, 0.15) is 25.3 Å². The van der Waals surface area contributed by atoms with E-state index >= 15 is 0 Å². The van der Waals surface area contributed by atoms with Gasteiger partial charge in [0, 0.05) is 0 Å². The largest absolute Gasteiger partial charge is 0.345 e. The lowest BCUT2D eigenvalue weighted by molar-refractivity contribution is 0.625. The van der Waals surface area contributed by atoms with Crippen molar-refractivity contribution in [3.8, 4) is 0 Å². The molecule has 0 spiro atoms. The molecular weight excluding hydrogens is 167 g/mol. The SMILES string of the molecule is CC(C)c1cc(F)cc2[nH]cnc12. The number of halogens is 1. The molecule has 0 bridgehead atoms. The van der Waals surface area contributed by atoms with Crippen LogP contribution in [0.3, 0.4) is 0 Å². The van der Waals surface area contributed by atoms with Crippen LogP contribution in [0.15, 0.2) is 18.5 Å². The summed E-state index contributed by atoms with van der Waals surface area (Å²) in [6.45, 7) is 4.06. The highest BCUT2D eigenvalue weighted by Crippen LogP contribution is 2.23. The lowest BCUT2D eigenvalue weighted by atomic mass is 10.0. The van der Waals surface area contributed by atoms with E-state index in [2.05, 4.69) is 9.97 Å². The van der Waals surface area contributed by atoms with Crippen LogP contribution in [0.4, 0.5) is 4.39 Å². The Balaban J connectivity index is 2.77. The Hall–Kier alpha value is -1.38. The number of nitrogens with zero attached hydrogens (tertiary/aromatic N) is 1. The summed E-state index contributed by atoms with van der Waals surface area (Å²) in [5, 5.41) is 0. The molecule has 13 heavy (non-hydrogen) atoms. The predicted molar refractivity (Wildman–Crippen MR) is 50.1 cm³/mol. The maximum Gasteiger partial charge on any atom is 0.125 e. The van der Waals surface area contributed by atoms with Gasteiger partial charge in [-0.15, -0.1) is 0 Å². The molecule has 0 aliphatic carbocycles. The molecule has 0 amide bonds. The lowest BCUT2D eigenvalue weighted by Gasteiger charge is -2.05. The zero-order valence-corrected chi connectivity index (χ0v) is 7.63. The van der Waals surface area contributed by atoms with Gasteiger partial charge in [0.2, 0.25) is 0 Å². The second-order valence-electron chi connectivity index (χ2n) is 3.45. The number of aromatic nitrogens is 2. The summed E-state index contributed by atoms with van der Waals surface area (Å²) < 4.78 is 13.1. The van der Waals surface area contributed by atoms with Gasteiger partial charge in [-0.3, -0.25) is 0 Å². The van der Waals surface area contributed by atoms with E-state index in [1.54, 1.807) is 12.4 Å². The number of rotatable bonds is 1. The molecular formula is C10H11FN2. The number of benzene rings is 1. The molecule has 1 heterocycles. The number of aromatic amines is 1. The summed E-state index contributed by atoms with van der Waals surface area (Å²) in [6.07, 6.45) is 1.59. The van der Waals surface area contributed by atoms with Crippen molar-refractivity contribution >= 4 is 11.0 Å². The van der Waals surface area contributed by atoms with Gasteiger partial charge in [-0.1, -0.05) is 13.8 Å². The zero-order chi connectivity index (χ0) is 9.42. The van der Waals surface area contributed by atoms with Gasteiger partial charge in [0.05, 0.1) is 17.4 Å². The van der Waals surface area contributed by atoms with Crippen molar-refractivity contribution in [2.45, 2.75) is 19.8 Å². The topological polar surface area (TPSA) is 28.7 Å². The highest BCUT2D eigenvalue weighted by Gasteiger charge is 2.09. The molecule has 1 aromatic heterocycles. The summed E-state index contributed by atoms with van der Waals surface area (Å²) >= 11 is 0. The van der Waals surface area contributed by atoms with E-state index in [-0.39, 0.29) is 5.82 Å². The Morgan fingerprint density at radius 3 is 2.85 bits per heavy atom. The number of hydrogen-bond acceptors (Lipinski definition) is 1. The minimum Gasteiger partial charge on any atom is -0.345 e. The third-order valence-electron chi connectivity index (χ3n) is 2.14. The molecule has 1 N–H and O–H groups in total. The van der Waals surface area contributed by atoms with Crippen LogP contribution in [0.5, 0.6) is 0 Å². The third kappa shape index (κ3) is 1.30. The molecule has 0 fully saturated rings. The molecule has 3 heteroatoms. The van der Waals surface area contributed by atoms with Gasteiger partial charge in [0.1, 0.15) is 5.82 Å². The number of fused-ring (bicyclic) bond motifs is 1. The summed E-state index contributed by atoms with van der Waals surface area (Å²) in [7, 11) is 0. The molecule has 1 aromatic carbocycles. The highest BCUT2D eigenvalue weighted by atomic mass is 19.1. The molecule has 0 saturated carbocycles. The molecule has 68 valence electrons. The van der Waals surface area contributed by atoms with Crippen molar-refractivity contribution in [1.82, 2.24) is 9.97 Å². The molecule has 2 aromatic rings. The first-order chi connectivity index (χ1) is 6.18. The minimum atomic E-state index is -0.208. The monoisotopic (exact) mass is 178 g/mol. The maximum atomic E-state index is 13.1. The van der Waals surface area contributed by atoms with E-state index < -0.39 is 0 Å². The number of H-pyrrole nitrogens is 1. The van der Waals surface area contributed by atoms with Crippen molar-refractivity contribution in [2.75, 3.05) is 0 Å². The van der Waals surface area contributed by atoms with E-state index in [1.807, 2.05) is 13.8 Å². The fourth-order valence-electron chi connectivity index (χ4n) is 1.48. The first-order valence-electron chi connectivity index (χ1n) is 4.31. The van der Waals surface area contributed by atoms with Crippen LogP contribution in [0.2, 0.25) is 0 Å². The fraction of sp³-hybridized carbons (Fsp3) is 0.300. The van der Waals surface area contributed by atoms with Gasteiger partial charge < -0.3 is 4.98 Å². The summed E-state index contributed by atoms with van der Waals surface area (Å²) in [5.74, 6) is 0.0851. The van der Waals surface area contributed by atoms with E-state index in [0.29, 0.717) is 5.92 Å². The van der Waals surface area contributed by atoms with Crippen LogP contribution in [0.25, 0.3) is 11.0 Å². The smallest absolute Gasteiger partial charge is 0.125 e. The predicted octanol–water partition coefficient (Wildman–Crippen LogP) is 2.83. The van der Waals surface area contributed by atoms with Crippen molar-refractivity contribution in [2.24, 2.45) is 0 Å². The summed E-state index contributed by atoms with van der Waals surface area (Å²) in [6, 6.07) is 3.02. The highest BCUT2D eigenvalue weighted by molar-refractivity contribution is 5.78. The average molecular weight is 178 g/mol. The zero-order valence-electron chi connectivity index (χ0n) is 7.63. The molecule has 0 atom stereocenters. The molecule has 0 aliphatic rings. The van der Waals surface area contributed by atoms with Gasteiger partial charge >= 0.3 is 0 Å². The maximum absolute atomic E-state index is 13.1. The lowest BCUT2D eigenvalue weighted by Crippen LogP contribution is -1.90. The standard InChI is InChI=1S/C10H11FN2/c1-6(2)8-3-7(11)4-9-10(8)13-5-12-9/h3-6H,1-2H3,(H,12,13). The van der Waals surface area contributed by atoms with Gasteiger partial charge in [0.15, 0.2) is 0 Å². The van der Waals surface area contributed by atoms with Crippen LogP contribution in [0, 0.1) is 5.82 Å². The van der Waals surface area contributed by atoms with Crippen LogP contribution in [-0.4, -0.2) is 9.97 Å². The molecule has 2 nitrogen and oxygen atoms in total. The van der Waals surface area contributed by atoms with Crippen molar-refractivity contribution in [3.05, 3.63) is 29.8 Å². The van der Waals surface area contributed by atoms with Crippen molar-refractivity contribution in [1.29, 1.82) is 0 Å². The average Bonchev–Trinajstić information content (AvgIpc) is 2.49. The molecule has 0 saturated heterocycles. The summed E-state index contributed by atoms with van der Waals surface area (Å²) in [5.41, 5.74) is 2.59. The molecule has 0 radical (unpaired) electrons. The van der Waals surface area contributed by atoms with E-state index in [9.17, 15) is 4.39 Å². The third-order valence-corrected chi connectivity index (χ3v) is 2.14. The summed E-state index contributed by atoms with van der Waals surface area (Å²) in [4.78, 5) is 7.06. The number of nitrogens with one attached hydrogen (secondary N) is 1. The van der Waals surface area contributed by atoms with Crippen LogP contribution < -0.4 is 0 Å². The quantitative estimate of drug-likeness (QED) is 0.714. The number of hydrogen-bond donors (Lipinski definition) is 1. The Bertz CT molecular complexity index is 431. The normalized spacial score (nSPS) is 11.4. The fourth-order valence-corrected chi connectivity index (χ4v) is 1.48. The first kappa shape index (κ1) is 8.23. The van der Waals surface area contributed by atoms with Crippen molar-refractivity contribution in [3.63, 3.8) is 0 Å². The minimum absolute atomic E-state index is 0.208. The van der Waals surface area contributed by atoms with E-state index in [4.69, 9.17) is 0 Å². The van der Waals surface area contributed by atoms with Gasteiger partial charge in [-0.25, -0.2) is 9.37 Å². The van der Waals surface area contributed by atoms with Crippen molar-refractivity contribution < 1.29 is 4.39 Å². The van der Waals surface area contributed by atoms with Gasteiger partial charge in [-0.05, 0) is 23.6 Å². The molecule has 0 unspecified atom stereocenters. The van der Waals surface area contributed by atoms with Crippen LogP contribution >= 0.6 is 0 Å². The second kappa shape index (κ2) is 2.83. The first-order valence-corrected chi connectivity index (χ1v) is 4.31. The molecule has 0 aliphatic heterocycles. The van der Waals surface area contributed by atoms with Gasteiger partial charge in [-0.2, -0.15) is 0 Å². The Labute approximate surface area is 75.8 Å². The number of imidazole rings is 1. The Morgan fingerprint density at radius 1 is 1.38 bits per heavy atom. The molecule has 2 rings (SSSR count). The van der Waals surface area contributed by atoms with Crippen LogP contribution in [-0.2, 0) is 0 Å². The Kier molecular flexibility index (Phi) is 1.79. The Morgan fingerprint density at radius 2 is 2.15 bits per heavy atom. The van der Waals surface area contributed by atoms with Gasteiger partial charge in [0.25, 0.3) is 0 Å². The van der Waals surface area contributed by atoms with E-state index in [1.165, 1.54) is 6.07 Å². The second-order valence-corrected chi connectivity index (χ2v) is 3.45. The van der Waals surface area contributed by atoms with E-state index in [0.717, 1.165) is 16.6 Å².